The van der Waals surface area contributed by atoms with Crippen LogP contribution >= 0.6 is 0 Å². The normalized spacial score (nSPS) is 35.0. The van der Waals surface area contributed by atoms with E-state index in [2.05, 4.69) is 43.4 Å². The molecule has 0 spiro atoms. The summed E-state index contributed by atoms with van der Waals surface area (Å²) in [6.45, 7) is 5.96. The van der Waals surface area contributed by atoms with E-state index in [9.17, 15) is 0 Å². The first-order valence-electron chi connectivity index (χ1n) is 9.73. The zero-order valence-electron chi connectivity index (χ0n) is 14.9. The fourth-order valence-electron chi connectivity index (χ4n) is 4.56. The standard InChI is InChI=1S/C21H34N2/c1-15-4-3-5-21(16(15)2)18-8-12-20(13-9-18)23-14-17-6-10-19(22)11-7-17/h8-9,12-13,15-17,19,21,23H,3-7,10-11,14,22H2,1-2H3/t15?,16?,17-,19-,21?. The maximum atomic E-state index is 5.99. The zero-order chi connectivity index (χ0) is 16.2. The highest BCUT2D eigenvalue weighted by Crippen LogP contribution is 2.41. The van der Waals surface area contributed by atoms with Crippen molar-refractivity contribution in [2.75, 3.05) is 11.9 Å². The van der Waals surface area contributed by atoms with Crippen molar-refractivity contribution >= 4 is 5.69 Å². The Hall–Kier alpha value is -1.02. The number of hydrogen-bond donors (Lipinski definition) is 2. The van der Waals surface area contributed by atoms with Gasteiger partial charge in [0.2, 0.25) is 0 Å². The van der Waals surface area contributed by atoms with Crippen molar-refractivity contribution in [3.63, 3.8) is 0 Å². The van der Waals surface area contributed by atoms with E-state index in [1.807, 2.05) is 0 Å². The molecule has 0 aliphatic heterocycles. The third kappa shape index (κ3) is 4.29. The van der Waals surface area contributed by atoms with E-state index >= 15 is 0 Å². The molecule has 3 N–H and O–H groups in total. The summed E-state index contributed by atoms with van der Waals surface area (Å²) in [5.41, 5.74) is 8.81. The number of anilines is 1. The van der Waals surface area contributed by atoms with Gasteiger partial charge in [-0.1, -0.05) is 38.8 Å². The average Bonchev–Trinajstić information content (AvgIpc) is 2.57. The number of rotatable bonds is 4. The predicted molar refractivity (Wildman–Crippen MR) is 99.8 cm³/mol. The van der Waals surface area contributed by atoms with Crippen LogP contribution in [0.25, 0.3) is 0 Å². The van der Waals surface area contributed by atoms with E-state index in [4.69, 9.17) is 5.73 Å². The molecule has 2 fully saturated rings. The minimum Gasteiger partial charge on any atom is -0.385 e. The molecule has 2 saturated carbocycles. The van der Waals surface area contributed by atoms with Crippen LogP contribution in [0, 0.1) is 17.8 Å². The second-order valence-electron chi connectivity index (χ2n) is 8.16. The van der Waals surface area contributed by atoms with Crippen molar-refractivity contribution in [3.8, 4) is 0 Å². The number of nitrogens with one attached hydrogen (secondary N) is 1. The van der Waals surface area contributed by atoms with Crippen LogP contribution in [0.3, 0.4) is 0 Å². The molecule has 0 bridgehead atoms. The Kier molecular flexibility index (Phi) is 5.63. The van der Waals surface area contributed by atoms with Gasteiger partial charge in [0.1, 0.15) is 0 Å². The van der Waals surface area contributed by atoms with Gasteiger partial charge in [-0.25, -0.2) is 0 Å². The molecule has 1 aromatic rings. The molecule has 3 atom stereocenters. The van der Waals surface area contributed by atoms with Crippen LogP contribution in [0.4, 0.5) is 5.69 Å². The molecule has 1 aromatic carbocycles. The Morgan fingerprint density at radius 3 is 2.35 bits per heavy atom. The largest absolute Gasteiger partial charge is 0.385 e. The monoisotopic (exact) mass is 314 g/mol. The first-order valence-corrected chi connectivity index (χ1v) is 9.73. The van der Waals surface area contributed by atoms with Gasteiger partial charge in [0.25, 0.3) is 0 Å². The molecule has 2 aliphatic carbocycles. The van der Waals surface area contributed by atoms with Crippen molar-refractivity contribution in [2.24, 2.45) is 23.5 Å². The summed E-state index contributed by atoms with van der Waals surface area (Å²) >= 11 is 0. The van der Waals surface area contributed by atoms with Gasteiger partial charge in [-0.2, -0.15) is 0 Å². The van der Waals surface area contributed by atoms with Crippen molar-refractivity contribution in [2.45, 2.75) is 70.8 Å². The molecular weight excluding hydrogens is 280 g/mol. The molecule has 0 heterocycles. The second-order valence-corrected chi connectivity index (χ2v) is 8.16. The van der Waals surface area contributed by atoms with E-state index in [1.165, 1.54) is 50.6 Å². The van der Waals surface area contributed by atoms with Crippen LogP contribution < -0.4 is 11.1 Å². The Morgan fingerprint density at radius 1 is 0.957 bits per heavy atom. The van der Waals surface area contributed by atoms with Crippen molar-refractivity contribution in [1.82, 2.24) is 0 Å². The smallest absolute Gasteiger partial charge is 0.0340 e. The summed E-state index contributed by atoms with van der Waals surface area (Å²) in [5.74, 6) is 3.24. The average molecular weight is 315 g/mol. The minimum absolute atomic E-state index is 0.449. The number of nitrogens with two attached hydrogens (primary N) is 1. The summed E-state index contributed by atoms with van der Waals surface area (Å²) in [4.78, 5) is 0. The van der Waals surface area contributed by atoms with Crippen LogP contribution in [0.5, 0.6) is 0 Å². The topological polar surface area (TPSA) is 38.0 Å². The van der Waals surface area contributed by atoms with Crippen LogP contribution in [0.1, 0.15) is 70.3 Å². The van der Waals surface area contributed by atoms with Gasteiger partial charge in [-0.15, -0.1) is 0 Å². The van der Waals surface area contributed by atoms with E-state index in [1.54, 1.807) is 5.56 Å². The molecule has 23 heavy (non-hydrogen) atoms. The molecule has 3 unspecified atom stereocenters. The highest BCUT2D eigenvalue weighted by molar-refractivity contribution is 5.45. The minimum atomic E-state index is 0.449. The van der Waals surface area contributed by atoms with Gasteiger partial charge in [0.15, 0.2) is 0 Å². The summed E-state index contributed by atoms with van der Waals surface area (Å²) < 4.78 is 0. The Labute approximate surface area is 142 Å². The van der Waals surface area contributed by atoms with E-state index < -0.39 is 0 Å². The van der Waals surface area contributed by atoms with Crippen LogP contribution in [-0.4, -0.2) is 12.6 Å². The molecule has 2 heteroatoms. The van der Waals surface area contributed by atoms with Crippen molar-refractivity contribution in [1.29, 1.82) is 0 Å². The molecule has 128 valence electrons. The van der Waals surface area contributed by atoms with E-state index in [-0.39, 0.29) is 0 Å². The lowest BCUT2D eigenvalue weighted by atomic mass is 9.71. The lowest BCUT2D eigenvalue weighted by Crippen LogP contribution is -2.29. The van der Waals surface area contributed by atoms with Crippen molar-refractivity contribution in [3.05, 3.63) is 29.8 Å². The third-order valence-electron chi connectivity index (χ3n) is 6.53. The molecule has 2 aliphatic rings. The summed E-state index contributed by atoms with van der Waals surface area (Å²) in [6.07, 6.45) is 9.11. The fraction of sp³-hybridized carbons (Fsp3) is 0.714. The van der Waals surface area contributed by atoms with Crippen LogP contribution in [0.15, 0.2) is 24.3 Å². The van der Waals surface area contributed by atoms with Gasteiger partial charge in [0.05, 0.1) is 0 Å². The van der Waals surface area contributed by atoms with Crippen LogP contribution in [0.2, 0.25) is 0 Å². The number of benzene rings is 1. The lowest BCUT2D eigenvalue weighted by Gasteiger charge is -2.34. The summed E-state index contributed by atoms with van der Waals surface area (Å²) in [7, 11) is 0. The molecule has 3 rings (SSSR count). The SMILES string of the molecule is CC1CCCC(c2ccc(NC[C@H]3CC[C@H](N)CC3)cc2)C1C. The maximum Gasteiger partial charge on any atom is 0.0340 e. The number of hydrogen-bond acceptors (Lipinski definition) is 2. The Bertz CT molecular complexity index is 473. The molecule has 0 saturated heterocycles. The van der Waals surface area contributed by atoms with Gasteiger partial charge in [-0.05, 0) is 73.5 Å². The summed E-state index contributed by atoms with van der Waals surface area (Å²) in [5, 5.41) is 3.64. The first-order chi connectivity index (χ1) is 11.1. The molecule has 0 aromatic heterocycles. The van der Waals surface area contributed by atoms with E-state index in [0.717, 1.165) is 30.2 Å². The Balaban J connectivity index is 1.53. The predicted octanol–water partition coefficient (Wildman–Crippen LogP) is 5.16. The second kappa shape index (κ2) is 7.70. The molecular formula is C21H34N2. The quantitative estimate of drug-likeness (QED) is 0.806. The van der Waals surface area contributed by atoms with E-state index in [0.29, 0.717) is 6.04 Å². The first kappa shape index (κ1) is 16.8. The lowest BCUT2D eigenvalue weighted by molar-refractivity contribution is 0.238. The third-order valence-corrected chi connectivity index (χ3v) is 6.53. The van der Waals surface area contributed by atoms with Crippen molar-refractivity contribution < 1.29 is 0 Å². The highest BCUT2D eigenvalue weighted by atomic mass is 14.9. The maximum absolute atomic E-state index is 5.99. The van der Waals surface area contributed by atoms with Crippen LogP contribution in [-0.2, 0) is 0 Å². The summed E-state index contributed by atoms with van der Waals surface area (Å²) in [6, 6.07) is 9.74. The molecule has 0 radical (unpaired) electrons. The molecule has 0 amide bonds. The van der Waals surface area contributed by atoms with Gasteiger partial charge in [-0.3, -0.25) is 0 Å². The van der Waals surface area contributed by atoms with Gasteiger partial charge in [0, 0.05) is 18.3 Å². The highest BCUT2D eigenvalue weighted by Gasteiger charge is 2.28. The van der Waals surface area contributed by atoms with Gasteiger partial charge < -0.3 is 11.1 Å². The Morgan fingerprint density at radius 2 is 1.65 bits per heavy atom. The molecule has 2 nitrogen and oxygen atoms in total. The van der Waals surface area contributed by atoms with Gasteiger partial charge >= 0.3 is 0 Å². The zero-order valence-corrected chi connectivity index (χ0v) is 14.9. The fourth-order valence-corrected chi connectivity index (χ4v) is 4.56.